The molecule has 0 aliphatic rings. The summed E-state index contributed by atoms with van der Waals surface area (Å²) >= 11 is 0. The van der Waals surface area contributed by atoms with Crippen LogP contribution in [0.3, 0.4) is 0 Å². The second-order valence-electron chi connectivity index (χ2n) is 6.37. The lowest BCUT2D eigenvalue weighted by Crippen LogP contribution is -2.48. The molecule has 3 rings (SSSR count). The minimum atomic E-state index is -0.747. The number of furan rings is 2. The highest BCUT2D eigenvalue weighted by molar-refractivity contribution is 5.95. The number of aryl methyl sites for hydroxylation is 1. The van der Waals surface area contributed by atoms with Gasteiger partial charge in [0, 0.05) is 6.42 Å². The van der Waals surface area contributed by atoms with E-state index in [-0.39, 0.29) is 17.7 Å². The van der Waals surface area contributed by atoms with Crippen LogP contribution in [0, 0.1) is 6.92 Å². The number of nitrogens with one attached hydrogen (secondary N) is 2. The number of carbonyl (C=O) groups excluding carboxylic acids is 2. The van der Waals surface area contributed by atoms with Crippen molar-refractivity contribution in [2.45, 2.75) is 32.4 Å². The minimum absolute atomic E-state index is 0.163. The third-order valence-corrected chi connectivity index (χ3v) is 4.20. The average Bonchev–Trinajstić information content (AvgIpc) is 3.33. The molecule has 1 aromatic carbocycles. The Kier molecular flexibility index (Phi) is 5.76. The van der Waals surface area contributed by atoms with Gasteiger partial charge in [0.1, 0.15) is 17.6 Å². The van der Waals surface area contributed by atoms with Gasteiger partial charge in [0.2, 0.25) is 5.91 Å². The Morgan fingerprint density at radius 3 is 2.41 bits per heavy atom. The molecule has 3 aromatic rings. The second-order valence-corrected chi connectivity index (χ2v) is 6.37. The predicted octanol–water partition coefficient (Wildman–Crippen LogP) is 3.40. The van der Waals surface area contributed by atoms with Gasteiger partial charge in [-0.1, -0.05) is 30.3 Å². The highest BCUT2D eigenvalue weighted by Gasteiger charge is 2.25. The fraction of sp³-hybridized carbons (Fsp3) is 0.238. The van der Waals surface area contributed by atoms with E-state index in [1.807, 2.05) is 56.3 Å². The van der Waals surface area contributed by atoms with Crippen LogP contribution in [-0.2, 0) is 11.2 Å². The average molecular weight is 366 g/mol. The molecule has 2 unspecified atom stereocenters. The molecule has 0 saturated heterocycles. The lowest BCUT2D eigenvalue weighted by Gasteiger charge is -2.20. The van der Waals surface area contributed by atoms with Gasteiger partial charge in [0.05, 0.1) is 12.3 Å². The first-order chi connectivity index (χ1) is 13.0. The van der Waals surface area contributed by atoms with Crippen molar-refractivity contribution in [3.05, 3.63) is 83.7 Å². The van der Waals surface area contributed by atoms with Gasteiger partial charge in [-0.25, -0.2) is 0 Å². The van der Waals surface area contributed by atoms with Gasteiger partial charge in [0.25, 0.3) is 5.91 Å². The summed E-state index contributed by atoms with van der Waals surface area (Å²) in [5.74, 6) is 0.878. The van der Waals surface area contributed by atoms with Crippen LogP contribution in [0.5, 0.6) is 0 Å². The fourth-order valence-electron chi connectivity index (χ4n) is 2.77. The molecule has 0 bridgehead atoms. The highest BCUT2D eigenvalue weighted by Crippen LogP contribution is 2.16. The molecule has 2 atom stereocenters. The zero-order valence-corrected chi connectivity index (χ0v) is 15.3. The monoisotopic (exact) mass is 366 g/mol. The van der Waals surface area contributed by atoms with E-state index in [9.17, 15) is 9.59 Å². The maximum atomic E-state index is 12.8. The summed E-state index contributed by atoms with van der Waals surface area (Å²) in [7, 11) is 0. The van der Waals surface area contributed by atoms with E-state index in [0.717, 1.165) is 11.3 Å². The van der Waals surface area contributed by atoms with Crippen LogP contribution >= 0.6 is 0 Å². The summed E-state index contributed by atoms with van der Waals surface area (Å²) < 4.78 is 10.7. The molecule has 0 radical (unpaired) electrons. The van der Waals surface area contributed by atoms with Gasteiger partial charge in [-0.05, 0) is 43.7 Å². The zero-order chi connectivity index (χ0) is 19.2. The highest BCUT2D eigenvalue weighted by atomic mass is 16.3. The molecule has 2 N–H and O–H groups in total. The molecule has 6 heteroatoms. The molecule has 0 fully saturated rings. The molecule has 140 valence electrons. The standard InChI is InChI=1S/C21H22N2O4/c1-14-10-11-18(27-14)15(2)22-20(24)17(13-16-7-4-3-5-8-16)23-21(25)19-9-6-12-26-19/h3-12,15,17H,13H2,1-2H3,(H,22,24)(H,23,25). The summed E-state index contributed by atoms with van der Waals surface area (Å²) in [6, 6.07) is 15.3. The summed E-state index contributed by atoms with van der Waals surface area (Å²) in [6.45, 7) is 3.68. The normalized spacial score (nSPS) is 13.0. The quantitative estimate of drug-likeness (QED) is 0.671. The van der Waals surface area contributed by atoms with Crippen molar-refractivity contribution in [2.24, 2.45) is 0 Å². The van der Waals surface area contributed by atoms with E-state index in [1.165, 1.54) is 6.26 Å². The molecule has 0 aliphatic heterocycles. The van der Waals surface area contributed by atoms with Gasteiger partial charge in [-0.3, -0.25) is 9.59 Å². The van der Waals surface area contributed by atoms with Crippen LogP contribution in [0.2, 0.25) is 0 Å². The lowest BCUT2D eigenvalue weighted by molar-refractivity contribution is -0.123. The Bertz CT molecular complexity index is 884. The lowest BCUT2D eigenvalue weighted by atomic mass is 10.0. The zero-order valence-electron chi connectivity index (χ0n) is 15.3. The molecular formula is C21H22N2O4. The fourth-order valence-corrected chi connectivity index (χ4v) is 2.77. The number of carbonyl (C=O) groups is 2. The van der Waals surface area contributed by atoms with E-state index in [4.69, 9.17) is 8.83 Å². The Hall–Kier alpha value is -3.28. The van der Waals surface area contributed by atoms with Gasteiger partial charge < -0.3 is 19.5 Å². The molecule has 2 amide bonds. The minimum Gasteiger partial charge on any atom is -0.464 e. The van der Waals surface area contributed by atoms with Gasteiger partial charge in [0.15, 0.2) is 5.76 Å². The van der Waals surface area contributed by atoms with Crippen LogP contribution in [-0.4, -0.2) is 17.9 Å². The van der Waals surface area contributed by atoms with Gasteiger partial charge in [-0.2, -0.15) is 0 Å². The van der Waals surface area contributed by atoms with E-state index < -0.39 is 11.9 Å². The van der Waals surface area contributed by atoms with Crippen LogP contribution in [0.15, 0.2) is 69.7 Å². The Morgan fingerprint density at radius 1 is 1.00 bits per heavy atom. The van der Waals surface area contributed by atoms with E-state index in [0.29, 0.717) is 12.2 Å². The van der Waals surface area contributed by atoms with Crippen molar-refractivity contribution in [1.29, 1.82) is 0 Å². The number of rotatable bonds is 7. The predicted molar refractivity (Wildman–Crippen MR) is 100 cm³/mol. The second kappa shape index (κ2) is 8.40. The van der Waals surface area contributed by atoms with Gasteiger partial charge >= 0.3 is 0 Å². The number of amides is 2. The van der Waals surface area contributed by atoms with Crippen molar-refractivity contribution in [2.75, 3.05) is 0 Å². The smallest absolute Gasteiger partial charge is 0.287 e. The first-order valence-corrected chi connectivity index (χ1v) is 8.78. The topological polar surface area (TPSA) is 84.5 Å². The number of benzene rings is 1. The molecule has 0 aliphatic carbocycles. The van der Waals surface area contributed by atoms with Crippen molar-refractivity contribution in [1.82, 2.24) is 10.6 Å². The van der Waals surface area contributed by atoms with E-state index in [2.05, 4.69) is 10.6 Å². The Labute approximate surface area is 157 Å². The van der Waals surface area contributed by atoms with E-state index >= 15 is 0 Å². The van der Waals surface area contributed by atoms with Crippen molar-refractivity contribution in [3.8, 4) is 0 Å². The third kappa shape index (κ3) is 4.88. The first kappa shape index (κ1) is 18.5. The molecule has 0 spiro atoms. The number of hydrogen-bond acceptors (Lipinski definition) is 4. The maximum Gasteiger partial charge on any atom is 0.287 e. The molecule has 6 nitrogen and oxygen atoms in total. The Morgan fingerprint density at radius 2 is 1.78 bits per heavy atom. The van der Waals surface area contributed by atoms with Crippen LogP contribution < -0.4 is 10.6 Å². The van der Waals surface area contributed by atoms with E-state index in [1.54, 1.807) is 12.1 Å². The van der Waals surface area contributed by atoms with Gasteiger partial charge in [-0.15, -0.1) is 0 Å². The van der Waals surface area contributed by atoms with Crippen LogP contribution in [0.4, 0.5) is 0 Å². The van der Waals surface area contributed by atoms with Crippen LogP contribution in [0.25, 0.3) is 0 Å². The maximum absolute atomic E-state index is 12.8. The van der Waals surface area contributed by atoms with Crippen molar-refractivity contribution < 1.29 is 18.4 Å². The summed E-state index contributed by atoms with van der Waals surface area (Å²) in [6.07, 6.45) is 1.78. The molecule has 2 aromatic heterocycles. The first-order valence-electron chi connectivity index (χ1n) is 8.78. The summed E-state index contributed by atoms with van der Waals surface area (Å²) in [4.78, 5) is 25.2. The van der Waals surface area contributed by atoms with Crippen LogP contribution in [0.1, 0.15) is 40.6 Å². The SMILES string of the molecule is Cc1ccc(C(C)NC(=O)C(Cc2ccccc2)NC(=O)c2ccco2)o1. The largest absolute Gasteiger partial charge is 0.464 e. The summed E-state index contributed by atoms with van der Waals surface area (Å²) in [5.41, 5.74) is 0.943. The number of hydrogen-bond donors (Lipinski definition) is 2. The third-order valence-electron chi connectivity index (χ3n) is 4.20. The van der Waals surface area contributed by atoms with Crippen molar-refractivity contribution in [3.63, 3.8) is 0 Å². The summed E-state index contributed by atoms with van der Waals surface area (Å²) in [5, 5.41) is 5.66. The molecule has 0 saturated carbocycles. The molecule has 2 heterocycles. The Balaban J connectivity index is 1.73. The van der Waals surface area contributed by atoms with Crippen molar-refractivity contribution >= 4 is 11.8 Å². The molecule has 27 heavy (non-hydrogen) atoms. The molecular weight excluding hydrogens is 344 g/mol.